The molecule has 6 nitrogen and oxygen atoms in total. The maximum absolute atomic E-state index is 10.9. The van der Waals surface area contributed by atoms with Crippen LogP contribution in [-0.4, -0.2) is 46.0 Å². The van der Waals surface area contributed by atoms with Gasteiger partial charge < -0.3 is 9.64 Å². The first-order valence-electron chi connectivity index (χ1n) is 5.13. The lowest BCUT2D eigenvalue weighted by Gasteiger charge is -2.32. The van der Waals surface area contributed by atoms with Gasteiger partial charge in [0.05, 0.1) is 18.5 Å². The van der Waals surface area contributed by atoms with Crippen molar-refractivity contribution in [3.8, 4) is 5.88 Å². The van der Waals surface area contributed by atoms with Crippen LogP contribution in [0.1, 0.15) is 0 Å². The minimum absolute atomic E-state index is 0.000806. The molecule has 2 rings (SSSR count). The summed E-state index contributed by atoms with van der Waals surface area (Å²) in [7, 11) is -1.54. The molecule has 0 N–H and O–H groups in total. The van der Waals surface area contributed by atoms with Crippen LogP contribution in [0.2, 0.25) is 0 Å². The van der Waals surface area contributed by atoms with E-state index < -0.39 is 10.1 Å². The van der Waals surface area contributed by atoms with E-state index in [0.29, 0.717) is 12.4 Å². The summed E-state index contributed by atoms with van der Waals surface area (Å²) in [6.07, 6.45) is 2.32. The van der Waals surface area contributed by atoms with Crippen molar-refractivity contribution in [3.05, 3.63) is 18.3 Å². The van der Waals surface area contributed by atoms with Gasteiger partial charge in [-0.1, -0.05) is 0 Å². The average molecular weight is 258 g/mol. The Labute approximate surface area is 100 Å². The van der Waals surface area contributed by atoms with E-state index in [1.165, 1.54) is 0 Å². The number of pyridine rings is 1. The Hall–Kier alpha value is -1.34. The number of hydrogen-bond acceptors (Lipinski definition) is 6. The molecule has 1 unspecified atom stereocenters. The maximum atomic E-state index is 10.9. The Kier molecular flexibility index (Phi) is 3.21. The molecule has 0 amide bonds. The number of hydrogen-bond donors (Lipinski definition) is 0. The Morgan fingerprint density at radius 1 is 1.65 bits per heavy atom. The highest BCUT2D eigenvalue weighted by Gasteiger charge is 2.25. The zero-order valence-corrected chi connectivity index (χ0v) is 10.5. The molecule has 0 radical (unpaired) electrons. The number of anilines is 1. The van der Waals surface area contributed by atoms with Gasteiger partial charge in [0.25, 0.3) is 10.1 Å². The van der Waals surface area contributed by atoms with Gasteiger partial charge in [-0.2, -0.15) is 8.42 Å². The maximum Gasteiger partial charge on any atom is 0.264 e. The summed E-state index contributed by atoms with van der Waals surface area (Å²) in [5, 5.41) is 0. The molecule has 0 fully saturated rings. The molecule has 7 heteroatoms. The monoisotopic (exact) mass is 258 g/mol. The lowest BCUT2D eigenvalue weighted by molar-refractivity contribution is 0.124. The van der Waals surface area contributed by atoms with Gasteiger partial charge in [-0.15, -0.1) is 0 Å². The van der Waals surface area contributed by atoms with Gasteiger partial charge in [-0.3, -0.25) is 4.18 Å². The molecule has 0 aromatic carbocycles. The van der Waals surface area contributed by atoms with Crippen molar-refractivity contribution in [1.29, 1.82) is 0 Å². The van der Waals surface area contributed by atoms with Crippen molar-refractivity contribution in [2.45, 2.75) is 6.10 Å². The SMILES string of the molecule is CN1CC(COS(C)(=O)=O)Oc2ncccc21. The van der Waals surface area contributed by atoms with E-state index in [-0.39, 0.29) is 12.7 Å². The number of nitrogens with zero attached hydrogens (tertiary/aromatic N) is 2. The van der Waals surface area contributed by atoms with E-state index in [9.17, 15) is 8.42 Å². The highest BCUT2D eigenvalue weighted by Crippen LogP contribution is 2.29. The molecule has 2 heterocycles. The molecular weight excluding hydrogens is 244 g/mol. The lowest BCUT2D eigenvalue weighted by atomic mass is 10.2. The third kappa shape index (κ3) is 3.07. The van der Waals surface area contributed by atoms with Crippen molar-refractivity contribution in [3.63, 3.8) is 0 Å². The summed E-state index contributed by atoms with van der Waals surface area (Å²) < 4.78 is 32.1. The molecule has 0 bridgehead atoms. The highest BCUT2D eigenvalue weighted by molar-refractivity contribution is 7.85. The average Bonchev–Trinajstić information content (AvgIpc) is 2.26. The zero-order chi connectivity index (χ0) is 12.5. The molecule has 1 aromatic rings. The molecule has 0 saturated carbocycles. The van der Waals surface area contributed by atoms with Crippen molar-refractivity contribution in [2.24, 2.45) is 0 Å². The summed E-state index contributed by atoms with van der Waals surface area (Å²) in [5.41, 5.74) is 0.892. The minimum Gasteiger partial charge on any atom is -0.468 e. The first kappa shape index (κ1) is 12.1. The van der Waals surface area contributed by atoms with Crippen molar-refractivity contribution in [2.75, 3.05) is 31.4 Å². The molecule has 0 aliphatic carbocycles. The van der Waals surface area contributed by atoms with E-state index in [1.807, 2.05) is 24.1 Å². The van der Waals surface area contributed by atoms with Crippen LogP contribution >= 0.6 is 0 Å². The van der Waals surface area contributed by atoms with E-state index in [0.717, 1.165) is 11.9 Å². The molecule has 1 atom stereocenters. The van der Waals surface area contributed by atoms with Crippen LogP contribution in [0.5, 0.6) is 5.88 Å². The van der Waals surface area contributed by atoms with Crippen molar-refractivity contribution < 1.29 is 17.3 Å². The number of aromatic nitrogens is 1. The third-order valence-electron chi connectivity index (χ3n) is 2.39. The molecule has 94 valence electrons. The Bertz CT molecular complexity index is 503. The van der Waals surface area contributed by atoms with Gasteiger partial charge >= 0.3 is 0 Å². The quantitative estimate of drug-likeness (QED) is 0.724. The predicted molar refractivity (Wildman–Crippen MR) is 62.7 cm³/mol. The van der Waals surface area contributed by atoms with E-state index >= 15 is 0 Å². The largest absolute Gasteiger partial charge is 0.468 e. The molecule has 1 aliphatic heterocycles. The van der Waals surface area contributed by atoms with E-state index in [4.69, 9.17) is 8.92 Å². The molecule has 17 heavy (non-hydrogen) atoms. The lowest BCUT2D eigenvalue weighted by Crippen LogP contribution is -2.41. The van der Waals surface area contributed by atoms with Crippen LogP contribution in [0.3, 0.4) is 0 Å². The predicted octanol–water partition coefficient (Wildman–Crippen LogP) is 0.255. The standard InChI is InChI=1S/C10H14N2O4S/c1-12-6-8(7-15-17(2,13)14)16-10-9(12)4-3-5-11-10/h3-5,8H,6-7H2,1-2H3. The Morgan fingerprint density at radius 3 is 3.12 bits per heavy atom. The topological polar surface area (TPSA) is 68.7 Å². The van der Waals surface area contributed by atoms with Gasteiger partial charge in [0.15, 0.2) is 0 Å². The fourth-order valence-electron chi connectivity index (χ4n) is 1.65. The van der Waals surface area contributed by atoms with Crippen LogP contribution in [0.4, 0.5) is 5.69 Å². The summed E-state index contributed by atoms with van der Waals surface area (Å²) in [5.74, 6) is 0.503. The third-order valence-corrected chi connectivity index (χ3v) is 2.95. The second-order valence-corrected chi connectivity index (χ2v) is 5.58. The second-order valence-electron chi connectivity index (χ2n) is 3.94. The van der Waals surface area contributed by atoms with Crippen LogP contribution in [0, 0.1) is 0 Å². The zero-order valence-electron chi connectivity index (χ0n) is 9.66. The summed E-state index contributed by atoms with van der Waals surface area (Å²) in [4.78, 5) is 6.06. The summed E-state index contributed by atoms with van der Waals surface area (Å²) in [6, 6.07) is 3.72. The van der Waals surface area contributed by atoms with Gasteiger partial charge in [0, 0.05) is 13.2 Å². The molecule has 0 saturated heterocycles. The fraction of sp³-hybridized carbons (Fsp3) is 0.500. The summed E-state index contributed by atoms with van der Waals surface area (Å²) in [6.45, 7) is 0.563. The van der Waals surface area contributed by atoms with E-state index in [1.54, 1.807) is 6.20 Å². The highest BCUT2D eigenvalue weighted by atomic mass is 32.2. The van der Waals surface area contributed by atoms with E-state index in [2.05, 4.69) is 4.98 Å². The van der Waals surface area contributed by atoms with Crippen LogP contribution in [-0.2, 0) is 14.3 Å². The number of rotatable bonds is 3. The normalized spacial score (nSPS) is 19.6. The van der Waals surface area contributed by atoms with Crippen LogP contribution in [0.15, 0.2) is 18.3 Å². The van der Waals surface area contributed by atoms with Crippen LogP contribution < -0.4 is 9.64 Å². The molecule has 1 aliphatic rings. The van der Waals surface area contributed by atoms with Crippen LogP contribution in [0.25, 0.3) is 0 Å². The van der Waals surface area contributed by atoms with Crippen molar-refractivity contribution in [1.82, 2.24) is 4.98 Å². The first-order valence-corrected chi connectivity index (χ1v) is 6.94. The number of likely N-dealkylation sites (N-methyl/N-ethyl adjacent to an activating group) is 1. The van der Waals surface area contributed by atoms with Gasteiger partial charge in [0.1, 0.15) is 12.7 Å². The number of fused-ring (bicyclic) bond motifs is 1. The van der Waals surface area contributed by atoms with Gasteiger partial charge in [-0.05, 0) is 12.1 Å². The van der Waals surface area contributed by atoms with Gasteiger partial charge in [-0.25, -0.2) is 4.98 Å². The first-order chi connectivity index (χ1) is 7.96. The second kappa shape index (κ2) is 4.50. The Balaban J connectivity index is 2.07. The smallest absolute Gasteiger partial charge is 0.264 e. The minimum atomic E-state index is -3.44. The molecule has 1 aromatic heterocycles. The summed E-state index contributed by atoms with van der Waals surface area (Å²) >= 11 is 0. The Morgan fingerprint density at radius 2 is 2.41 bits per heavy atom. The van der Waals surface area contributed by atoms with Gasteiger partial charge in [0.2, 0.25) is 5.88 Å². The fourth-order valence-corrected chi connectivity index (χ4v) is 2.05. The molecular formula is C10H14N2O4S. The molecule has 0 spiro atoms. The number of ether oxygens (including phenoxy) is 1. The van der Waals surface area contributed by atoms with Crippen molar-refractivity contribution >= 4 is 15.8 Å².